The van der Waals surface area contributed by atoms with Gasteiger partial charge >= 0.3 is 0 Å². The quantitative estimate of drug-likeness (QED) is 0.816. The number of rotatable bonds is 2. The van der Waals surface area contributed by atoms with Crippen LogP contribution in [0.5, 0.6) is 0 Å². The van der Waals surface area contributed by atoms with Crippen molar-refractivity contribution < 1.29 is 8.91 Å². The van der Waals surface area contributed by atoms with Crippen molar-refractivity contribution >= 4 is 0 Å². The van der Waals surface area contributed by atoms with Crippen molar-refractivity contribution in [2.45, 2.75) is 13.0 Å². The summed E-state index contributed by atoms with van der Waals surface area (Å²) < 4.78 is 17.9. The van der Waals surface area contributed by atoms with E-state index in [1.807, 2.05) is 0 Å². The monoisotopic (exact) mass is 207 g/mol. The van der Waals surface area contributed by atoms with Crippen molar-refractivity contribution in [3.8, 4) is 11.5 Å². The van der Waals surface area contributed by atoms with Crippen LogP contribution in [0.25, 0.3) is 11.5 Å². The normalized spacial score (nSPS) is 12.7. The fraction of sp³-hybridized carbons (Fsp3) is 0.200. The molecule has 0 aliphatic rings. The lowest BCUT2D eigenvalue weighted by molar-refractivity contribution is 0.418. The third kappa shape index (κ3) is 2.02. The van der Waals surface area contributed by atoms with Crippen molar-refractivity contribution in [2.24, 2.45) is 5.73 Å². The first-order valence-electron chi connectivity index (χ1n) is 4.52. The smallest absolute Gasteiger partial charge is 0.258 e. The number of hydrogen-bond donors (Lipinski definition) is 1. The first-order valence-corrected chi connectivity index (χ1v) is 4.52. The van der Waals surface area contributed by atoms with E-state index in [1.165, 1.54) is 12.1 Å². The number of aromatic nitrogens is 2. The summed E-state index contributed by atoms with van der Waals surface area (Å²) in [5, 5.41) is 3.69. The van der Waals surface area contributed by atoms with Gasteiger partial charge in [-0.05, 0) is 25.1 Å². The van der Waals surface area contributed by atoms with E-state index in [1.54, 1.807) is 19.1 Å². The van der Waals surface area contributed by atoms with E-state index in [4.69, 9.17) is 10.3 Å². The van der Waals surface area contributed by atoms with Crippen LogP contribution in [-0.2, 0) is 0 Å². The molecule has 1 heterocycles. The Morgan fingerprint density at radius 1 is 1.47 bits per heavy atom. The van der Waals surface area contributed by atoms with E-state index in [0.717, 1.165) is 0 Å². The topological polar surface area (TPSA) is 64.9 Å². The molecule has 1 aromatic carbocycles. The molecule has 0 saturated carbocycles. The summed E-state index contributed by atoms with van der Waals surface area (Å²) in [4.78, 5) is 4.05. The van der Waals surface area contributed by atoms with Gasteiger partial charge in [0.25, 0.3) is 5.89 Å². The van der Waals surface area contributed by atoms with Crippen molar-refractivity contribution in [2.75, 3.05) is 0 Å². The molecule has 2 aromatic rings. The number of benzene rings is 1. The largest absolute Gasteiger partial charge is 0.334 e. The van der Waals surface area contributed by atoms with Crippen molar-refractivity contribution in [1.82, 2.24) is 10.1 Å². The zero-order valence-electron chi connectivity index (χ0n) is 8.14. The van der Waals surface area contributed by atoms with E-state index in [0.29, 0.717) is 11.4 Å². The molecule has 1 unspecified atom stereocenters. The summed E-state index contributed by atoms with van der Waals surface area (Å²) in [6.07, 6.45) is 0. The molecule has 0 amide bonds. The maximum atomic E-state index is 12.9. The standard InChI is InChI=1S/C10H10FN3O/c1-6(12)9-13-10(15-14-9)7-3-2-4-8(11)5-7/h2-6H,12H2,1H3. The van der Waals surface area contributed by atoms with Crippen molar-refractivity contribution in [1.29, 1.82) is 0 Å². The van der Waals surface area contributed by atoms with Crippen LogP contribution >= 0.6 is 0 Å². The van der Waals surface area contributed by atoms with E-state index >= 15 is 0 Å². The van der Waals surface area contributed by atoms with Gasteiger partial charge in [-0.2, -0.15) is 4.98 Å². The molecule has 0 bridgehead atoms. The number of halogens is 1. The molecule has 0 aliphatic heterocycles. The highest BCUT2D eigenvalue weighted by atomic mass is 19.1. The number of nitrogens with two attached hydrogens (primary N) is 1. The first kappa shape index (κ1) is 9.79. The zero-order valence-corrected chi connectivity index (χ0v) is 8.14. The van der Waals surface area contributed by atoms with Gasteiger partial charge in [-0.3, -0.25) is 0 Å². The van der Waals surface area contributed by atoms with E-state index in [-0.39, 0.29) is 17.7 Å². The molecular formula is C10H10FN3O. The van der Waals surface area contributed by atoms with Gasteiger partial charge in [-0.15, -0.1) is 0 Å². The van der Waals surface area contributed by atoms with E-state index < -0.39 is 0 Å². The van der Waals surface area contributed by atoms with Gasteiger partial charge in [0.2, 0.25) is 0 Å². The third-order valence-electron chi connectivity index (χ3n) is 1.92. The molecule has 5 heteroatoms. The van der Waals surface area contributed by atoms with Crippen LogP contribution in [0.1, 0.15) is 18.8 Å². The highest BCUT2D eigenvalue weighted by Crippen LogP contribution is 2.19. The molecule has 0 aliphatic carbocycles. The molecule has 15 heavy (non-hydrogen) atoms. The fourth-order valence-corrected chi connectivity index (χ4v) is 1.16. The fourth-order valence-electron chi connectivity index (χ4n) is 1.16. The van der Waals surface area contributed by atoms with Crippen LogP contribution in [0.3, 0.4) is 0 Å². The van der Waals surface area contributed by atoms with Crippen molar-refractivity contribution in [3.63, 3.8) is 0 Å². The minimum Gasteiger partial charge on any atom is -0.334 e. The van der Waals surface area contributed by atoms with Crippen LogP contribution in [-0.4, -0.2) is 10.1 Å². The van der Waals surface area contributed by atoms with Gasteiger partial charge < -0.3 is 10.3 Å². The van der Waals surface area contributed by atoms with Gasteiger partial charge in [0.05, 0.1) is 6.04 Å². The number of nitrogens with zero attached hydrogens (tertiary/aromatic N) is 2. The molecule has 1 aromatic heterocycles. The highest BCUT2D eigenvalue weighted by Gasteiger charge is 2.11. The van der Waals surface area contributed by atoms with Crippen LogP contribution in [0.4, 0.5) is 4.39 Å². The molecule has 0 radical (unpaired) electrons. The van der Waals surface area contributed by atoms with Crippen LogP contribution < -0.4 is 5.73 Å². The first-order chi connectivity index (χ1) is 7.16. The second kappa shape index (κ2) is 3.78. The summed E-state index contributed by atoms with van der Waals surface area (Å²) in [6.45, 7) is 1.75. The van der Waals surface area contributed by atoms with Gasteiger partial charge in [-0.25, -0.2) is 4.39 Å². The summed E-state index contributed by atoms with van der Waals surface area (Å²) in [5.41, 5.74) is 6.13. The van der Waals surface area contributed by atoms with Gasteiger partial charge in [0.1, 0.15) is 5.82 Å². The summed E-state index contributed by atoms with van der Waals surface area (Å²) in [7, 11) is 0. The van der Waals surface area contributed by atoms with Crippen LogP contribution in [0, 0.1) is 5.82 Å². The summed E-state index contributed by atoms with van der Waals surface area (Å²) in [6, 6.07) is 5.67. The Morgan fingerprint density at radius 2 is 2.27 bits per heavy atom. The average Bonchev–Trinajstić information content (AvgIpc) is 2.66. The van der Waals surface area contributed by atoms with E-state index in [9.17, 15) is 4.39 Å². The van der Waals surface area contributed by atoms with Crippen LogP contribution in [0.2, 0.25) is 0 Å². The lowest BCUT2D eigenvalue weighted by Gasteiger charge is -1.94. The van der Waals surface area contributed by atoms with Crippen molar-refractivity contribution in [3.05, 3.63) is 35.9 Å². The molecule has 0 fully saturated rings. The molecule has 0 spiro atoms. The molecular weight excluding hydrogens is 197 g/mol. The Kier molecular flexibility index (Phi) is 2.47. The minimum absolute atomic E-state index is 0.279. The summed E-state index contributed by atoms with van der Waals surface area (Å²) in [5.74, 6) is 0.351. The molecule has 78 valence electrons. The zero-order chi connectivity index (χ0) is 10.8. The van der Waals surface area contributed by atoms with Gasteiger partial charge in [-0.1, -0.05) is 11.2 Å². The van der Waals surface area contributed by atoms with Gasteiger partial charge in [0.15, 0.2) is 5.82 Å². The predicted octanol–water partition coefficient (Wildman–Crippen LogP) is 1.90. The molecule has 1 atom stereocenters. The van der Waals surface area contributed by atoms with E-state index in [2.05, 4.69) is 10.1 Å². The molecule has 2 rings (SSSR count). The lowest BCUT2D eigenvalue weighted by atomic mass is 10.2. The Labute approximate surface area is 85.9 Å². The number of hydrogen-bond acceptors (Lipinski definition) is 4. The second-order valence-corrected chi connectivity index (χ2v) is 3.26. The second-order valence-electron chi connectivity index (χ2n) is 3.26. The average molecular weight is 207 g/mol. The summed E-state index contributed by atoms with van der Waals surface area (Å²) >= 11 is 0. The molecule has 2 N–H and O–H groups in total. The maximum Gasteiger partial charge on any atom is 0.258 e. The Morgan fingerprint density at radius 3 is 2.87 bits per heavy atom. The minimum atomic E-state index is -0.340. The Balaban J connectivity index is 2.37. The molecule has 0 saturated heterocycles. The SMILES string of the molecule is CC(N)c1noc(-c2cccc(F)c2)n1. The third-order valence-corrected chi connectivity index (χ3v) is 1.92. The van der Waals surface area contributed by atoms with Gasteiger partial charge in [0, 0.05) is 5.56 Å². The Hall–Kier alpha value is -1.75. The van der Waals surface area contributed by atoms with Crippen LogP contribution in [0.15, 0.2) is 28.8 Å². The lowest BCUT2D eigenvalue weighted by Crippen LogP contribution is -2.06. The Bertz CT molecular complexity index is 467. The maximum absolute atomic E-state index is 12.9. The highest BCUT2D eigenvalue weighted by molar-refractivity contribution is 5.52. The molecule has 4 nitrogen and oxygen atoms in total. The predicted molar refractivity (Wildman–Crippen MR) is 52.3 cm³/mol.